The summed E-state index contributed by atoms with van der Waals surface area (Å²) in [6.45, 7) is 0. The molecule has 0 fully saturated rings. The first-order valence-electron chi connectivity index (χ1n) is 13.7. The zero-order valence-corrected chi connectivity index (χ0v) is 24.6. The van der Waals surface area contributed by atoms with Gasteiger partial charge in [-0.25, -0.2) is 9.59 Å². The van der Waals surface area contributed by atoms with Crippen molar-refractivity contribution in [2.75, 3.05) is 14.2 Å². The summed E-state index contributed by atoms with van der Waals surface area (Å²) >= 11 is 0. The van der Waals surface area contributed by atoms with Gasteiger partial charge in [-0.1, -0.05) is 15.8 Å². The van der Waals surface area contributed by atoms with E-state index in [1.807, 2.05) is 0 Å². The molecule has 46 heavy (non-hydrogen) atoms. The topological polar surface area (TPSA) is 148 Å². The Morgan fingerprint density at radius 1 is 0.522 bits per heavy atom. The van der Waals surface area contributed by atoms with Crippen molar-refractivity contribution in [1.29, 1.82) is 0 Å². The van der Waals surface area contributed by atoms with Crippen LogP contribution in [0.2, 0.25) is 0 Å². The van der Waals surface area contributed by atoms with Crippen LogP contribution in [0.25, 0.3) is 0 Å². The van der Waals surface area contributed by atoms with Gasteiger partial charge >= 0.3 is 11.9 Å². The second-order valence-corrected chi connectivity index (χ2v) is 9.49. The molecule has 0 heterocycles. The lowest BCUT2D eigenvalue weighted by Gasteiger charge is -2.08. The molecular formula is C34H26N4O8. The quantitative estimate of drug-likeness (QED) is 0.0503. The van der Waals surface area contributed by atoms with Gasteiger partial charge in [0, 0.05) is 40.6 Å². The summed E-state index contributed by atoms with van der Waals surface area (Å²) in [7, 11) is 3.06. The van der Waals surface area contributed by atoms with Crippen LogP contribution in [0.4, 0.5) is 22.7 Å². The summed E-state index contributed by atoms with van der Waals surface area (Å²) in [4.78, 5) is 26.4. The summed E-state index contributed by atoms with van der Waals surface area (Å²) in [6.07, 6.45) is 0. The number of hydrogen-bond donors (Lipinski definition) is 0. The van der Waals surface area contributed by atoms with Crippen molar-refractivity contribution in [3.05, 3.63) is 143 Å². The molecule has 0 aliphatic rings. The zero-order chi connectivity index (χ0) is 32.5. The van der Waals surface area contributed by atoms with Gasteiger partial charge in [0.2, 0.25) is 11.4 Å². The van der Waals surface area contributed by atoms with Crippen molar-refractivity contribution in [3.63, 3.8) is 0 Å². The molecule has 0 aliphatic heterocycles. The van der Waals surface area contributed by atoms with Gasteiger partial charge in [-0.05, 0) is 84.9 Å². The minimum Gasteiger partial charge on any atom is -0.594 e. The Balaban J connectivity index is 1.18. The lowest BCUT2D eigenvalue weighted by atomic mass is 10.2. The molecule has 230 valence electrons. The zero-order valence-electron chi connectivity index (χ0n) is 24.6. The molecule has 5 aromatic carbocycles. The van der Waals surface area contributed by atoms with Crippen molar-refractivity contribution in [1.82, 2.24) is 0 Å². The first-order chi connectivity index (χ1) is 22.3. The maximum absolute atomic E-state index is 12.7. The normalized spacial score (nSPS) is 11.4. The molecule has 0 saturated heterocycles. The first kappa shape index (κ1) is 30.9. The molecular weight excluding hydrogens is 592 g/mol. The van der Waals surface area contributed by atoms with E-state index >= 15 is 0 Å². The van der Waals surface area contributed by atoms with Crippen LogP contribution in [-0.4, -0.2) is 35.9 Å². The van der Waals surface area contributed by atoms with Crippen molar-refractivity contribution >= 4 is 34.7 Å². The highest BCUT2D eigenvalue weighted by molar-refractivity contribution is 5.92. The first-order valence-corrected chi connectivity index (χ1v) is 13.7. The number of esters is 2. The predicted molar refractivity (Wildman–Crippen MR) is 166 cm³/mol. The summed E-state index contributed by atoms with van der Waals surface area (Å²) < 4.78 is 21.1. The van der Waals surface area contributed by atoms with E-state index in [0.717, 1.165) is 0 Å². The van der Waals surface area contributed by atoms with E-state index in [1.54, 1.807) is 54.6 Å². The molecule has 5 aromatic rings. The average Bonchev–Trinajstić information content (AvgIpc) is 3.09. The highest BCUT2D eigenvalue weighted by Gasteiger charge is 2.14. The third kappa shape index (κ3) is 7.88. The molecule has 0 amide bonds. The molecule has 0 unspecified atom stereocenters. The van der Waals surface area contributed by atoms with Crippen molar-refractivity contribution in [2.45, 2.75) is 0 Å². The van der Waals surface area contributed by atoms with Gasteiger partial charge in [0.25, 0.3) is 0 Å². The number of methoxy groups -OCH3 is 2. The number of rotatable bonds is 10. The van der Waals surface area contributed by atoms with E-state index < -0.39 is 11.9 Å². The van der Waals surface area contributed by atoms with E-state index in [4.69, 9.17) is 18.9 Å². The summed E-state index contributed by atoms with van der Waals surface area (Å²) in [5.41, 5.74) is 1.73. The lowest BCUT2D eigenvalue weighted by molar-refractivity contribution is -0.435. The van der Waals surface area contributed by atoms with E-state index in [-0.39, 0.29) is 22.6 Å². The van der Waals surface area contributed by atoms with Gasteiger partial charge in [-0.3, -0.25) is 0 Å². The number of hydrogen-bond acceptors (Lipinski definition) is 10. The number of carbonyl (C=O) groups is 2. The fourth-order valence-corrected chi connectivity index (χ4v) is 4.01. The second-order valence-electron chi connectivity index (χ2n) is 9.49. The highest BCUT2D eigenvalue weighted by atomic mass is 16.5. The Kier molecular flexibility index (Phi) is 9.58. The molecule has 0 saturated carbocycles. The number of azo groups is 2. The number of nitrogens with zero attached hydrogens (tertiary/aromatic N) is 4. The van der Waals surface area contributed by atoms with Crippen LogP contribution in [0.5, 0.6) is 23.0 Å². The van der Waals surface area contributed by atoms with Crippen LogP contribution in [0.3, 0.4) is 0 Å². The maximum atomic E-state index is 12.7. The SMILES string of the molecule is COc1ccc([N+]([O-])=Nc2ccc(C(=O)Oc3cccc(OC(=O)c4ccc(N=[N+]([O-])c5ccc(OC)cc5)cc4)c3)cc2)cc1. The fraction of sp³-hybridized carbons (Fsp3) is 0.0588. The largest absolute Gasteiger partial charge is 0.594 e. The van der Waals surface area contributed by atoms with Gasteiger partial charge in [0.15, 0.2) is 0 Å². The molecule has 0 aromatic heterocycles. The van der Waals surface area contributed by atoms with Gasteiger partial charge in [0.1, 0.15) is 34.4 Å². The predicted octanol–water partition coefficient (Wildman–Crippen LogP) is 7.99. The highest BCUT2D eigenvalue weighted by Crippen LogP contribution is 2.25. The van der Waals surface area contributed by atoms with Crippen LogP contribution in [0, 0.1) is 10.4 Å². The summed E-state index contributed by atoms with van der Waals surface area (Å²) in [5, 5.41) is 32.7. The Bertz CT molecular complexity index is 1750. The monoisotopic (exact) mass is 618 g/mol. The third-order valence-corrected chi connectivity index (χ3v) is 6.43. The Hall–Kier alpha value is -6.56. The van der Waals surface area contributed by atoms with E-state index in [0.29, 0.717) is 44.0 Å². The smallest absolute Gasteiger partial charge is 0.343 e. The molecule has 12 heteroatoms. The lowest BCUT2D eigenvalue weighted by Crippen LogP contribution is -2.10. The molecule has 0 bridgehead atoms. The van der Waals surface area contributed by atoms with Crippen molar-refractivity contribution in [3.8, 4) is 23.0 Å². The van der Waals surface area contributed by atoms with Crippen LogP contribution >= 0.6 is 0 Å². The van der Waals surface area contributed by atoms with Crippen molar-refractivity contribution in [2.24, 2.45) is 10.2 Å². The van der Waals surface area contributed by atoms with Crippen LogP contribution in [0.1, 0.15) is 20.7 Å². The Morgan fingerprint density at radius 2 is 0.891 bits per heavy atom. The Morgan fingerprint density at radius 3 is 1.24 bits per heavy atom. The third-order valence-electron chi connectivity index (χ3n) is 6.43. The molecule has 0 spiro atoms. The van der Waals surface area contributed by atoms with Gasteiger partial charge in [0.05, 0.1) is 25.3 Å². The van der Waals surface area contributed by atoms with E-state index in [1.165, 1.54) is 80.9 Å². The maximum Gasteiger partial charge on any atom is 0.343 e. The molecule has 12 nitrogen and oxygen atoms in total. The minimum atomic E-state index is -0.662. The van der Waals surface area contributed by atoms with Gasteiger partial charge < -0.3 is 29.4 Å². The van der Waals surface area contributed by atoms with E-state index in [9.17, 15) is 20.0 Å². The standard InChI is InChI=1S/C34H26N4O8/c1-43-29-18-14-27(15-19-29)37(41)35-25-10-6-23(7-11-25)33(39)45-31-4-3-5-32(22-31)46-34(40)24-8-12-26(13-9-24)36-38(42)28-16-20-30(44-2)21-17-28/h3-22H,1-2H3. The number of benzene rings is 5. The average molecular weight is 619 g/mol. The number of carbonyl (C=O) groups excluding carboxylic acids is 2. The minimum absolute atomic E-state index is 0.150. The summed E-state index contributed by atoms with van der Waals surface area (Å²) in [6, 6.07) is 30.9. The molecule has 0 N–H and O–H groups in total. The second kappa shape index (κ2) is 14.3. The summed E-state index contributed by atoms with van der Waals surface area (Å²) in [5.74, 6) is 0.204. The van der Waals surface area contributed by atoms with Crippen LogP contribution < -0.4 is 18.9 Å². The van der Waals surface area contributed by atoms with Gasteiger partial charge in [-0.15, -0.1) is 0 Å². The molecule has 0 aliphatic carbocycles. The molecule has 5 rings (SSSR count). The molecule has 0 atom stereocenters. The van der Waals surface area contributed by atoms with Crippen LogP contribution in [-0.2, 0) is 0 Å². The van der Waals surface area contributed by atoms with Crippen LogP contribution in [0.15, 0.2) is 132 Å². The van der Waals surface area contributed by atoms with E-state index in [2.05, 4.69) is 10.2 Å². The van der Waals surface area contributed by atoms with Crippen molar-refractivity contribution < 1.29 is 38.3 Å². The van der Waals surface area contributed by atoms with Gasteiger partial charge in [-0.2, -0.15) is 0 Å². The number of ether oxygens (including phenoxy) is 4. The molecule has 0 radical (unpaired) electrons. The Labute approximate surface area is 263 Å². The fourth-order valence-electron chi connectivity index (χ4n) is 4.01.